The minimum absolute atomic E-state index is 0.307. The Morgan fingerprint density at radius 1 is 1.08 bits per heavy atom. The molecule has 0 spiro atoms. The lowest BCUT2D eigenvalue weighted by Crippen LogP contribution is -2.30. The normalized spacial score (nSPS) is 10.7. The Balaban J connectivity index is 1.69. The van der Waals surface area contributed by atoms with E-state index in [0.29, 0.717) is 28.6 Å². The van der Waals surface area contributed by atoms with Crippen LogP contribution in [0.3, 0.4) is 0 Å². The van der Waals surface area contributed by atoms with Crippen LogP contribution in [0, 0.1) is 5.82 Å². The number of nitrogens with one attached hydrogen (secondary N) is 1. The maximum Gasteiger partial charge on any atom is 0.331 e. The lowest BCUT2D eigenvalue weighted by Gasteiger charge is -2.05. The van der Waals surface area contributed by atoms with E-state index >= 15 is 0 Å². The Kier molecular flexibility index (Phi) is 7.63. The monoisotopic (exact) mass is 395 g/mol. The molecule has 0 radical (unpaired) electrons. The molecule has 4 nitrogen and oxygen atoms in total. The molecule has 0 aliphatic rings. The fourth-order valence-corrected chi connectivity index (χ4v) is 2.32. The van der Waals surface area contributed by atoms with Crippen LogP contribution in [0.5, 0.6) is 0 Å². The van der Waals surface area contributed by atoms with Crippen LogP contribution in [0.1, 0.15) is 11.1 Å². The van der Waals surface area contributed by atoms with Crippen molar-refractivity contribution in [3.8, 4) is 0 Å². The summed E-state index contributed by atoms with van der Waals surface area (Å²) < 4.78 is 17.6. The SMILES string of the molecule is O=C(COC(=O)/C=C/c1ccc(Cl)c(Cl)c1)NCCc1ccc(F)cc1. The first-order chi connectivity index (χ1) is 12.4. The van der Waals surface area contributed by atoms with Crippen LogP contribution < -0.4 is 5.32 Å². The highest BCUT2D eigenvalue weighted by atomic mass is 35.5. The number of amides is 1. The van der Waals surface area contributed by atoms with Gasteiger partial charge in [0, 0.05) is 12.6 Å². The van der Waals surface area contributed by atoms with Gasteiger partial charge in [-0.05, 0) is 47.9 Å². The van der Waals surface area contributed by atoms with E-state index in [1.54, 1.807) is 30.3 Å². The van der Waals surface area contributed by atoms with Gasteiger partial charge in [0.1, 0.15) is 5.82 Å². The molecule has 1 N–H and O–H groups in total. The van der Waals surface area contributed by atoms with Crippen molar-refractivity contribution in [1.29, 1.82) is 0 Å². The molecular weight excluding hydrogens is 380 g/mol. The average molecular weight is 396 g/mol. The number of rotatable bonds is 7. The van der Waals surface area contributed by atoms with Crippen molar-refractivity contribution < 1.29 is 18.7 Å². The first kappa shape index (κ1) is 19.9. The zero-order valence-corrected chi connectivity index (χ0v) is 15.2. The quantitative estimate of drug-likeness (QED) is 0.568. The highest BCUT2D eigenvalue weighted by molar-refractivity contribution is 6.42. The molecule has 1 amide bonds. The molecule has 2 rings (SSSR count). The molecule has 0 bridgehead atoms. The van der Waals surface area contributed by atoms with Gasteiger partial charge in [0.25, 0.3) is 5.91 Å². The Morgan fingerprint density at radius 2 is 1.81 bits per heavy atom. The first-order valence-corrected chi connectivity index (χ1v) is 8.50. The summed E-state index contributed by atoms with van der Waals surface area (Å²) in [7, 11) is 0. The molecule has 0 fully saturated rings. The van der Waals surface area contributed by atoms with Crippen molar-refractivity contribution in [3.05, 3.63) is 75.5 Å². The fraction of sp³-hybridized carbons (Fsp3) is 0.158. The number of carbonyl (C=O) groups is 2. The molecule has 0 unspecified atom stereocenters. The highest BCUT2D eigenvalue weighted by Crippen LogP contribution is 2.23. The van der Waals surface area contributed by atoms with Crippen molar-refractivity contribution in [2.45, 2.75) is 6.42 Å². The van der Waals surface area contributed by atoms with Gasteiger partial charge in [0.05, 0.1) is 10.0 Å². The van der Waals surface area contributed by atoms with E-state index < -0.39 is 11.9 Å². The molecule has 26 heavy (non-hydrogen) atoms. The van der Waals surface area contributed by atoms with Gasteiger partial charge < -0.3 is 10.1 Å². The summed E-state index contributed by atoms with van der Waals surface area (Å²) in [5.74, 6) is -1.37. The zero-order valence-electron chi connectivity index (χ0n) is 13.7. The summed E-state index contributed by atoms with van der Waals surface area (Å²) >= 11 is 11.7. The van der Waals surface area contributed by atoms with E-state index in [1.807, 2.05) is 0 Å². The van der Waals surface area contributed by atoms with E-state index in [0.717, 1.165) is 5.56 Å². The molecule has 0 saturated carbocycles. The minimum Gasteiger partial charge on any atom is -0.452 e. The number of esters is 1. The molecule has 0 saturated heterocycles. The molecule has 2 aromatic rings. The predicted molar refractivity (Wildman–Crippen MR) is 99.6 cm³/mol. The fourth-order valence-electron chi connectivity index (χ4n) is 2.01. The smallest absolute Gasteiger partial charge is 0.331 e. The molecule has 0 heterocycles. The second kappa shape index (κ2) is 9.94. The third kappa shape index (κ3) is 6.86. The second-order valence-electron chi connectivity index (χ2n) is 5.34. The molecular formula is C19H16Cl2FNO3. The van der Waals surface area contributed by atoms with Gasteiger partial charge in [0.2, 0.25) is 0 Å². The van der Waals surface area contributed by atoms with Crippen molar-refractivity contribution in [3.63, 3.8) is 0 Å². The molecule has 2 aromatic carbocycles. The highest BCUT2D eigenvalue weighted by Gasteiger charge is 2.05. The molecule has 0 aliphatic heterocycles. The largest absolute Gasteiger partial charge is 0.452 e. The molecule has 0 aliphatic carbocycles. The number of carbonyl (C=O) groups excluding carboxylic acids is 2. The van der Waals surface area contributed by atoms with Crippen LogP contribution in [-0.2, 0) is 20.7 Å². The van der Waals surface area contributed by atoms with Crippen LogP contribution in [0.4, 0.5) is 4.39 Å². The van der Waals surface area contributed by atoms with E-state index in [1.165, 1.54) is 24.3 Å². The van der Waals surface area contributed by atoms with E-state index in [4.69, 9.17) is 27.9 Å². The van der Waals surface area contributed by atoms with Crippen LogP contribution in [0.25, 0.3) is 6.08 Å². The van der Waals surface area contributed by atoms with Crippen molar-refractivity contribution in [2.75, 3.05) is 13.2 Å². The number of ether oxygens (including phenoxy) is 1. The topological polar surface area (TPSA) is 55.4 Å². The second-order valence-corrected chi connectivity index (χ2v) is 6.16. The third-order valence-corrected chi connectivity index (χ3v) is 4.09. The standard InChI is InChI=1S/C19H16Cl2FNO3/c20-16-7-3-14(11-17(16)21)4-8-19(25)26-12-18(24)23-10-9-13-1-5-15(22)6-2-13/h1-8,11H,9-10,12H2,(H,23,24)/b8-4+. The van der Waals surface area contributed by atoms with Gasteiger partial charge >= 0.3 is 5.97 Å². The summed E-state index contributed by atoms with van der Waals surface area (Å²) in [5, 5.41) is 3.42. The number of benzene rings is 2. The average Bonchev–Trinajstić information content (AvgIpc) is 2.62. The van der Waals surface area contributed by atoms with Gasteiger partial charge in [-0.3, -0.25) is 4.79 Å². The predicted octanol–water partition coefficient (Wildman–Crippen LogP) is 4.05. The van der Waals surface area contributed by atoms with Gasteiger partial charge in [0.15, 0.2) is 6.61 Å². The maximum atomic E-state index is 12.8. The third-order valence-electron chi connectivity index (χ3n) is 3.35. The lowest BCUT2D eigenvalue weighted by atomic mass is 10.1. The van der Waals surface area contributed by atoms with Crippen molar-refractivity contribution >= 4 is 41.2 Å². The summed E-state index contributed by atoms with van der Waals surface area (Å²) in [6, 6.07) is 10.9. The van der Waals surface area contributed by atoms with Gasteiger partial charge in [-0.15, -0.1) is 0 Å². The van der Waals surface area contributed by atoms with Gasteiger partial charge in [-0.2, -0.15) is 0 Å². The summed E-state index contributed by atoms with van der Waals surface area (Å²) in [5.41, 5.74) is 1.58. The van der Waals surface area contributed by atoms with Gasteiger partial charge in [-0.25, -0.2) is 9.18 Å². The minimum atomic E-state index is -0.648. The van der Waals surface area contributed by atoms with Crippen LogP contribution in [-0.4, -0.2) is 25.0 Å². The first-order valence-electron chi connectivity index (χ1n) is 7.75. The summed E-state index contributed by atoms with van der Waals surface area (Å²) in [4.78, 5) is 23.3. The Hall–Kier alpha value is -2.37. The Morgan fingerprint density at radius 3 is 2.50 bits per heavy atom. The molecule has 0 atom stereocenters. The van der Waals surface area contributed by atoms with Crippen LogP contribution >= 0.6 is 23.2 Å². The van der Waals surface area contributed by atoms with E-state index in [2.05, 4.69) is 5.32 Å². The maximum absolute atomic E-state index is 12.8. The number of hydrogen-bond acceptors (Lipinski definition) is 3. The zero-order chi connectivity index (χ0) is 18.9. The van der Waals surface area contributed by atoms with E-state index in [9.17, 15) is 14.0 Å². The molecule has 0 aromatic heterocycles. The van der Waals surface area contributed by atoms with Crippen molar-refractivity contribution in [1.82, 2.24) is 5.32 Å². The number of hydrogen-bond donors (Lipinski definition) is 1. The van der Waals surface area contributed by atoms with E-state index in [-0.39, 0.29) is 12.4 Å². The molecule has 7 heteroatoms. The number of halogens is 3. The van der Waals surface area contributed by atoms with Crippen LogP contribution in [0.15, 0.2) is 48.5 Å². The molecule has 136 valence electrons. The summed E-state index contributed by atoms with van der Waals surface area (Å²) in [6.45, 7) is -0.0188. The lowest BCUT2D eigenvalue weighted by molar-refractivity contribution is -0.143. The van der Waals surface area contributed by atoms with Gasteiger partial charge in [-0.1, -0.05) is 41.4 Å². The van der Waals surface area contributed by atoms with Crippen molar-refractivity contribution in [2.24, 2.45) is 0 Å². The Bertz CT molecular complexity index is 807. The van der Waals surface area contributed by atoms with Crippen LogP contribution in [0.2, 0.25) is 10.0 Å². The summed E-state index contributed by atoms with van der Waals surface area (Å²) in [6.07, 6.45) is 3.26. The Labute approximate surface area is 160 Å².